The zero-order valence-corrected chi connectivity index (χ0v) is 13.3. The van der Waals surface area contributed by atoms with E-state index in [1.165, 1.54) is 4.90 Å². The van der Waals surface area contributed by atoms with E-state index in [-0.39, 0.29) is 0 Å². The molecule has 2 aromatic carbocycles. The van der Waals surface area contributed by atoms with Crippen LogP contribution < -0.4 is 4.74 Å². The summed E-state index contributed by atoms with van der Waals surface area (Å²) >= 11 is 5.28. The Labute approximate surface area is 131 Å². The average Bonchev–Trinajstić information content (AvgIpc) is 2.47. The summed E-state index contributed by atoms with van der Waals surface area (Å²) in [7, 11) is 0. The predicted octanol–water partition coefficient (Wildman–Crippen LogP) is 4.88. The number of nitrogens with zero attached hydrogens (tertiary/aromatic N) is 1. The summed E-state index contributed by atoms with van der Waals surface area (Å²) in [6.07, 6.45) is 0.966. The lowest BCUT2D eigenvalue weighted by Crippen LogP contribution is -1.98. The van der Waals surface area contributed by atoms with E-state index in [1.54, 1.807) is 12.1 Å². The molecule has 0 bridgehead atoms. The van der Waals surface area contributed by atoms with Gasteiger partial charge in [0, 0.05) is 15.1 Å². The molecule has 2 rings (SSSR count). The van der Waals surface area contributed by atoms with E-state index in [2.05, 4.69) is 34.1 Å². The molecule has 0 unspecified atom stereocenters. The Balaban J connectivity index is 1.70. The fourth-order valence-electron chi connectivity index (χ4n) is 1.65. The molecular formula is C16H14BrNOS. The van der Waals surface area contributed by atoms with Gasteiger partial charge in [-0.1, -0.05) is 28.1 Å². The Hall–Kier alpha value is -1.44. The van der Waals surface area contributed by atoms with Crippen LogP contribution in [0.2, 0.25) is 0 Å². The first-order chi connectivity index (χ1) is 9.78. The van der Waals surface area contributed by atoms with Gasteiger partial charge in [-0.15, -0.1) is 11.8 Å². The number of ether oxygens (including phenoxy) is 1. The molecule has 0 aliphatic carbocycles. The molecule has 0 radical (unpaired) electrons. The lowest BCUT2D eigenvalue weighted by atomic mass is 10.2. The van der Waals surface area contributed by atoms with E-state index < -0.39 is 0 Å². The molecule has 20 heavy (non-hydrogen) atoms. The predicted molar refractivity (Wildman–Crippen MR) is 86.1 cm³/mol. The maximum Gasteiger partial charge on any atom is 0.120 e. The second-order valence-electron chi connectivity index (χ2n) is 4.15. The molecule has 4 heteroatoms. The number of benzene rings is 2. The molecule has 0 saturated heterocycles. The van der Waals surface area contributed by atoms with Gasteiger partial charge in [0.25, 0.3) is 0 Å². The summed E-state index contributed by atoms with van der Waals surface area (Å²) in [5.74, 6) is 1.77. The van der Waals surface area contributed by atoms with Crippen LogP contribution in [0.1, 0.15) is 12.0 Å². The van der Waals surface area contributed by atoms with Crippen LogP contribution in [0.5, 0.6) is 5.75 Å². The van der Waals surface area contributed by atoms with Gasteiger partial charge in [-0.05, 0) is 42.8 Å². The van der Waals surface area contributed by atoms with Crippen molar-refractivity contribution >= 4 is 27.7 Å². The van der Waals surface area contributed by atoms with Gasteiger partial charge in [-0.25, -0.2) is 0 Å². The Morgan fingerprint density at radius 3 is 2.80 bits per heavy atom. The van der Waals surface area contributed by atoms with Gasteiger partial charge < -0.3 is 4.74 Å². The lowest BCUT2D eigenvalue weighted by Gasteiger charge is -2.06. The van der Waals surface area contributed by atoms with Crippen molar-refractivity contribution in [2.24, 2.45) is 0 Å². The third-order valence-corrected chi connectivity index (χ3v) is 4.16. The van der Waals surface area contributed by atoms with Crippen LogP contribution in [0.3, 0.4) is 0 Å². The van der Waals surface area contributed by atoms with Crippen molar-refractivity contribution in [1.82, 2.24) is 0 Å². The fraction of sp³-hybridized carbons (Fsp3) is 0.188. The van der Waals surface area contributed by atoms with Gasteiger partial charge in [-0.2, -0.15) is 5.26 Å². The fourth-order valence-corrected chi connectivity index (χ4v) is 3.08. The van der Waals surface area contributed by atoms with E-state index in [4.69, 9.17) is 10.00 Å². The molecule has 0 N–H and O–H groups in total. The summed E-state index contributed by atoms with van der Waals surface area (Å²) in [5.41, 5.74) is 0.631. The van der Waals surface area contributed by atoms with Crippen molar-refractivity contribution in [2.75, 3.05) is 12.4 Å². The topological polar surface area (TPSA) is 33.0 Å². The van der Waals surface area contributed by atoms with Crippen molar-refractivity contribution in [1.29, 1.82) is 5.26 Å². The van der Waals surface area contributed by atoms with Gasteiger partial charge in [-0.3, -0.25) is 0 Å². The number of rotatable bonds is 6. The van der Waals surface area contributed by atoms with Crippen LogP contribution in [0, 0.1) is 11.3 Å². The quantitative estimate of drug-likeness (QED) is 0.551. The number of halogens is 1. The van der Waals surface area contributed by atoms with Gasteiger partial charge >= 0.3 is 0 Å². The van der Waals surface area contributed by atoms with E-state index in [0.29, 0.717) is 12.2 Å². The molecule has 102 valence electrons. The first-order valence-electron chi connectivity index (χ1n) is 6.29. The summed E-state index contributed by atoms with van der Waals surface area (Å²) < 4.78 is 6.74. The second kappa shape index (κ2) is 7.98. The highest BCUT2D eigenvalue weighted by atomic mass is 79.9. The van der Waals surface area contributed by atoms with Crippen LogP contribution in [-0.2, 0) is 0 Å². The molecule has 0 amide bonds. The molecule has 0 atom stereocenters. The minimum Gasteiger partial charge on any atom is -0.494 e. The normalized spacial score (nSPS) is 10.0. The lowest BCUT2D eigenvalue weighted by molar-refractivity contribution is 0.318. The Bertz CT molecular complexity index is 609. The van der Waals surface area contributed by atoms with E-state index >= 15 is 0 Å². The monoisotopic (exact) mass is 347 g/mol. The van der Waals surface area contributed by atoms with Crippen molar-refractivity contribution in [3.05, 3.63) is 58.6 Å². The van der Waals surface area contributed by atoms with Crippen LogP contribution >= 0.6 is 27.7 Å². The molecule has 0 aliphatic heterocycles. The Morgan fingerprint density at radius 1 is 1.15 bits per heavy atom. The van der Waals surface area contributed by atoms with Gasteiger partial charge in [0.05, 0.1) is 18.2 Å². The van der Waals surface area contributed by atoms with Gasteiger partial charge in [0.1, 0.15) is 5.75 Å². The zero-order valence-electron chi connectivity index (χ0n) is 10.9. The van der Waals surface area contributed by atoms with E-state index in [9.17, 15) is 0 Å². The number of hydrogen-bond donors (Lipinski definition) is 0. The largest absolute Gasteiger partial charge is 0.494 e. The second-order valence-corrected chi connectivity index (χ2v) is 6.23. The van der Waals surface area contributed by atoms with Crippen molar-refractivity contribution in [3.63, 3.8) is 0 Å². The molecule has 0 aromatic heterocycles. The zero-order chi connectivity index (χ0) is 14.2. The molecular weight excluding hydrogens is 334 g/mol. The minimum atomic E-state index is 0.631. The average molecular weight is 348 g/mol. The van der Waals surface area contributed by atoms with Crippen molar-refractivity contribution in [2.45, 2.75) is 11.3 Å². The molecule has 2 nitrogen and oxygen atoms in total. The van der Waals surface area contributed by atoms with Crippen LogP contribution in [-0.4, -0.2) is 12.4 Å². The highest BCUT2D eigenvalue weighted by Crippen LogP contribution is 2.22. The number of nitriles is 1. The smallest absolute Gasteiger partial charge is 0.120 e. The third-order valence-electron chi connectivity index (χ3n) is 2.59. The standard InChI is InChI=1S/C16H14BrNOS/c17-14-5-2-7-16(11-14)20-9-3-8-19-15-6-1-4-13(10-15)12-18/h1-2,4-7,10-11H,3,8-9H2. The number of thioether (sulfide) groups is 1. The third kappa shape index (κ3) is 4.92. The maximum atomic E-state index is 8.81. The van der Waals surface area contributed by atoms with Gasteiger partial charge in [0.15, 0.2) is 0 Å². The minimum absolute atomic E-state index is 0.631. The number of hydrogen-bond acceptors (Lipinski definition) is 3. The summed E-state index contributed by atoms with van der Waals surface area (Å²) in [4.78, 5) is 1.26. The molecule has 0 spiro atoms. The van der Waals surface area contributed by atoms with Crippen LogP contribution in [0.25, 0.3) is 0 Å². The Kier molecular flexibility index (Phi) is 5.97. The van der Waals surface area contributed by atoms with E-state index in [0.717, 1.165) is 22.4 Å². The van der Waals surface area contributed by atoms with E-state index in [1.807, 2.05) is 36.0 Å². The first-order valence-corrected chi connectivity index (χ1v) is 8.07. The Morgan fingerprint density at radius 2 is 2.00 bits per heavy atom. The summed E-state index contributed by atoms with van der Waals surface area (Å²) in [6, 6.07) is 17.6. The first kappa shape index (κ1) is 15.0. The van der Waals surface area contributed by atoms with Gasteiger partial charge in [0.2, 0.25) is 0 Å². The maximum absolute atomic E-state index is 8.81. The summed E-state index contributed by atoms with van der Waals surface area (Å²) in [5, 5.41) is 8.81. The molecule has 0 aliphatic rings. The van der Waals surface area contributed by atoms with Crippen LogP contribution in [0.4, 0.5) is 0 Å². The highest BCUT2D eigenvalue weighted by molar-refractivity contribution is 9.10. The molecule has 0 saturated carbocycles. The van der Waals surface area contributed by atoms with Crippen molar-refractivity contribution in [3.8, 4) is 11.8 Å². The van der Waals surface area contributed by atoms with Crippen molar-refractivity contribution < 1.29 is 4.74 Å². The molecule has 2 aromatic rings. The highest BCUT2D eigenvalue weighted by Gasteiger charge is 1.98. The SMILES string of the molecule is N#Cc1cccc(OCCCSc2cccc(Br)c2)c1. The molecule has 0 fully saturated rings. The molecule has 0 heterocycles. The summed E-state index contributed by atoms with van der Waals surface area (Å²) in [6.45, 7) is 0.663. The van der Waals surface area contributed by atoms with Crippen LogP contribution in [0.15, 0.2) is 57.9 Å².